The van der Waals surface area contributed by atoms with E-state index in [0.29, 0.717) is 30.7 Å². The summed E-state index contributed by atoms with van der Waals surface area (Å²) in [5.41, 5.74) is 1.69. The van der Waals surface area contributed by atoms with Crippen molar-refractivity contribution in [3.63, 3.8) is 0 Å². The van der Waals surface area contributed by atoms with Gasteiger partial charge in [-0.3, -0.25) is 0 Å². The number of rotatable bonds is 12. The van der Waals surface area contributed by atoms with Gasteiger partial charge in [-0.15, -0.1) is 0 Å². The number of aliphatic hydroxyl groups is 1. The lowest BCUT2D eigenvalue weighted by Crippen LogP contribution is -2.53. The number of aromatic nitrogens is 1. The molecule has 1 aromatic heterocycles. The van der Waals surface area contributed by atoms with Crippen molar-refractivity contribution >= 4 is 33.2 Å². The number of hydrogen-bond acceptors (Lipinski definition) is 9. The van der Waals surface area contributed by atoms with Crippen molar-refractivity contribution in [2.75, 3.05) is 38.7 Å². The fourth-order valence-electron chi connectivity index (χ4n) is 4.49. The molecule has 0 radical (unpaired) electrons. The number of anilines is 1. The lowest BCUT2D eigenvalue weighted by atomic mass is 10.0. The zero-order valence-electron chi connectivity index (χ0n) is 22.4. The number of alkyl carbamates (subject to hydrolysis) is 1. The summed E-state index contributed by atoms with van der Waals surface area (Å²) in [7, 11) is -2.44. The summed E-state index contributed by atoms with van der Waals surface area (Å²) in [5, 5.41) is 16.7. The molecule has 4 rings (SSSR count). The smallest absolute Gasteiger partial charge is 0.407 e. The van der Waals surface area contributed by atoms with Gasteiger partial charge >= 0.3 is 6.09 Å². The molecule has 39 heavy (non-hydrogen) atoms. The van der Waals surface area contributed by atoms with Crippen LogP contribution < -0.4 is 10.6 Å². The van der Waals surface area contributed by atoms with Crippen LogP contribution in [0, 0.1) is 5.92 Å². The van der Waals surface area contributed by atoms with E-state index >= 15 is 0 Å². The van der Waals surface area contributed by atoms with E-state index in [4.69, 9.17) is 13.9 Å². The number of oxazole rings is 1. The Balaban J connectivity index is 1.63. The van der Waals surface area contributed by atoms with Crippen molar-refractivity contribution in [3.8, 4) is 0 Å². The van der Waals surface area contributed by atoms with Gasteiger partial charge in [0.25, 0.3) is 6.01 Å². The molecule has 2 aromatic carbocycles. The second-order valence-electron chi connectivity index (χ2n) is 9.96. The van der Waals surface area contributed by atoms with E-state index in [2.05, 4.69) is 15.6 Å². The standard InChI is InChI=1S/C27H36N4O7S/c1-18(2)16-31(39(34,35)21-9-10-22-25(14-21)38-26(28-3)30-22)23(13-19-7-5-4-6-8-19)24(32)15-29-27(33)37-20-11-12-36-17-20/h4-10,14,18,20,23-24,32H,11-13,15-17H2,1-3H3,(H,28,30)(H,29,33). The Kier molecular flexibility index (Phi) is 9.44. The summed E-state index contributed by atoms with van der Waals surface area (Å²) < 4.78 is 45.7. The zero-order chi connectivity index (χ0) is 28.0. The molecule has 3 atom stereocenters. The van der Waals surface area contributed by atoms with E-state index in [9.17, 15) is 18.3 Å². The highest BCUT2D eigenvalue weighted by molar-refractivity contribution is 7.89. The minimum absolute atomic E-state index is 0.0216. The van der Waals surface area contributed by atoms with Crippen LogP contribution in [0.15, 0.2) is 57.8 Å². The second kappa shape index (κ2) is 12.8. The van der Waals surface area contributed by atoms with Crippen LogP contribution in [-0.4, -0.2) is 80.5 Å². The van der Waals surface area contributed by atoms with E-state index in [1.54, 1.807) is 13.1 Å². The molecule has 12 heteroatoms. The number of nitrogens with zero attached hydrogens (tertiary/aromatic N) is 2. The molecule has 0 spiro atoms. The highest BCUT2D eigenvalue weighted by atomic mass is 32.2. The van der Waals surface area contributed by atoms with E-state index in [1.807, 2.05) is 44.2 Å². The first-order valence-electron chi connectivity index (χ1n) is 13.0. The number of benzene rings is 2. The summed E-state index contributed by atoms with van der Waals surface area (Å²) >= 11 is 0. The summed E-state index contributed by atoms with van der Waals surface area (Å²) in [6.45, 7) is 4.63. The van der Waals surface area contributed by atoms with E-state index in [0.717, 1.165) is 5.56 Å². The highest BCUT2D eigenvalue weighted by Crippen LogP contribution is 2.28. The van der Waals surface area contributed by atoms with Gasteiger partial charge < -0.3 is 29.6 Å². The van der Waals surface area contributed by atoms with E-state index in [-0.39, 0.29) is 42.4 Å². The molecule has 3 N–H and O–H groups in total. The number of ether oxygens (including phenoxy) is 2. The average molecular weight is 561 g/mol. The van der Waals surface area contributed by atoms with Gasteiger partial charge in [-0.2, -0.15) is 9.29 Å². The summed E-state index contributed by atoms with van der Waals surface area (Å²) in [6, 6.07) is 13.2. The molecule has 0 saturated carbocycles. The number of carbonyl (C=O) groups excluding carboxylic acids is 1. The molecule has 2 heterocycles. The average Bonchev–Trinajstić information content (AvgIpc) is 3.58. The molecule has 1 saturated heterocycles. The molecule has 1 amide bonds. The van der Waals surface area contributed by atoms with Crippen molar-refractivity contribution in [1.29, 1.82) is 0 Å². The molecular formula is C27H36N4O7S. The van der Waals surface area contributed by atoms with E-state index < -0.39 is 28.3 Å². The van der Waals surface area contributed by atoms with Crippen LogP contribution in [0.1, 0.15) is 25.8 Å². The highest BCUT2D eigenvalue weighted by Gasteiger charge is 2.37. The van der Waals surface area contributed by atoms with Crippen molar-refractivity contribution in [2.24, 2.45) is 5.92 Å². The van der Waals surface area contributed by atoms with Gasteiger partial charge in [0, 0.05) is 32.6 Å². The SMILES string of the molecule is CNc1nc2ccc(S(=O)(=O)N(CC(C)C)C(Cc3ccccc3)C(O)CNC(=O)OC3CCOC3)cc2o1. The van der Waals surface area contributed by atoms with Gasteiger partial charge in [0.05, 0.1) is 30.3 Å². The van der Waals surface area contributed by atoms with Gasteiger partial charge in [0.2, 0.25) is 10.0 Å². The van der Waals surface area contributed by atoms with Gasteiger partial charge in [0.1, 0.15) is 11.6 Å². The number of nitrogens with one attached hydrogen (secondary N) is 2. The first-order valence-corrected chi connectivity index (χ1v) is 14.5. The molecule has 1 aliphatic rings. The largest absolute Gasteiger partial charge is 0.444 e. The van der Waals surface area contributed by atoms with Crippen molar-refractivity contribution in [2.45, 2.75) is 49.8 Å². The number of fused-ring (bicyclic) bond motifs is 1. The Hall–Kier alpha value is -3.19. The van der Waals surface area contributed by atoms with Crippen LogP contribution in [0.4, 0.5) is 10.8 Å². The number of hydrogen-bond donors (Lipinski definition) is 3. The fourth-order valence-corrected chi connectivity index (χ4v) is 6.32. The minimum atomic E-state index is -4.10. The van der Waals surface area contributed by atoms with Gasteiger partial charge in [-0.05, 0) is 30.0 Å². The molecular weight excluding hydrogens is 524 g/mol. The number of aliphatic hydroxyl groups excluding tert-OH is 1. The Morgan fingerprint density at radius 3 is 2.67 bits per heavy atom. The van der Waals surface area contributed by atoms with Crippen LogP contribution in [0.5, 0.6) is 0 Å². The molecule has 11 nitrogen and oxygen atoms in total. The Labute approximate surface area is 228 Å². The normalized spacial score (nSPS) is 17.4. The maximum atomic E-state index is 14.1. The molecule has 1 aliphatic heterocycles. The van der Waals surface area contributed by atoms with Gasteiger partial charge in [-0.1, -0.05) is 44.2 Å². The Morgan fingerprint density at radius 1 is 1.23 bits per heavy atom. The van der Waals surface area contributed by atoms with Crippen LogP contribution in [0.2, 0.25) is 0 Å². The molecule has 212 valence electrons. The number of amides is 1. The van der Waals surface area contributed by atoms with Gasteiger partial charge in [0.15, 0.2) is 5.58 Å². The fraction of sp³-hybridized carbons (Fsp3) is 0.481. The monoisotopic (exact) mass is 560 g/mol. The molecule has 0 bridgehead atoms. The molecule has 1 fully saturated rings. The summed E-state index contributed by atoms with van der Waals surface area (Å²) in [4.78, 5) is 16.6. The third-order valence-electron chi connectivity index (χ3n) is 6.44. The van der Waals surface area contributed by atoms with Crippen LogP contribution in [0.3, 0.4) is 0 Å². The number of carbonyl (C=O) groups is 1. The van der Waals surface area contributed by atoms with Crippen molar-refractivity contribution < 1.29 is 32.2 Å². The lowest BCUT2D eigenvalue weighted by Gasteiger charge is -2.35. The third kappa shape index (κ3) is 7.27. The van der Waals surface area contributed by atoms with Crippen LogP contribution in [0.25, 0.3) is 11.1 Å². The van der Waals surface area contributed by atoms with Crippen molar-refractivity contribution in [3.05, 3.63) is 54.1 Å². The second-order valence-corrected chi connectivity index (χ2v) is 11.9. The first kappa shape index (κ1) is 28.8. The third-order valence-corrected chi connectivity index (χ3v) is 8.33. The zero-order valence-corrected chi connectivity index (χ0v) is 23.2. The lowest BCUT2D eigenvalue weighted by molar-refractivity contribution is 0.0649. The van der Waals surface area contributed by atoms with E-state index in [1.165, 1.54) is 16.4 Å². The predicted molar refractivity (Wildman–Crippen MR) is 146 cm³/mol. The number of sulfonamides is 1. The predicted octanol–water partition coefficient (Wildman–Crippen LogP) is 3.00. The van der Waals surface area contributed by atoms with Gasteiger partial charge in [-0.25, -0.2) is 13.2 Å². The van der Waals surface area contributed by atoms with Crippen LogP contribution in [-0.2, 0) is 25.9 Å². The maximum absolute atomic E-state index is 14.1. The quantitative estimate of drug-likeness (QED) is 0.305. The molecule has 3 aromatic rings. The van der Waals surface area contributed by atoms with Crippen LogP contribution >= 0.6 is 0 Å². The summed E-state index contributed by atoms with van der Waals surface area (Å²) in [6.07, 6.45) is -1.41. The first-order chi connectivity index (χ1) is 18.7. The topological polar surface area (TPSA) is 143 Å². The summed E-state index contributed by atoms with van der Waals surface area (Å²) in [5.74, 6) is -0.0459. The molecule has 3 unspecified atom stereocenters. The Bertz CT molecular complexity index is 1340. The van der Waals surface area contributed by atoms with Crippen molar-refractivity contribution in [1.82, 2.24) is 14.6 Å². The maximum Gasteiger partial charge on any atom is 0.407 e. The minimum Gasteiger partial charge on any atom is -0.444 e. The Morgan fingerprint density at radius 2 is 2.00 bits per heavy atom. The molecule has 0 aliphatic carbocycles.